The molecule has 2 atom stereocenters. The van der Waals surface area contributed by atoms with Crippen LogP contribution in [0.25, 0.3) is 0 Å². The Balaban J connectivity index is 2.50. The van der Waals surface area contributed by atoms with Crippen molar-refractivity contribution in [2.75, 3.05) is 33.4 Å². The van der Waals surface area contributed by atoms with Crippen LogP contribution in [0.15, 0.2) is 0 Å². The van der Waals surface area contributed by atoms with Crippen molar-refractivity contribution >= 4 is 0 Å². The molecule has 2 unspecified atom stereocenters. The first-order valence-electron chi connectivity index (χ1n) is 6.65. The molecule has 1 rings (SSSR count). The van der Waals surface area contributed by atoms with Gasteiger partial charge in [-0.3, -0.25) is 4.90 Å². The van der Waals surface area contributed by atoms with E-state index in [9.17, 15) is 5.11 Å². The molecule has 4 nitrogen and oxygen atoms in total. The maximum atomic E-state index is 9.49. The average Bonchev–Trinajstić information content (AvgIpc) is 2.33. The molecule has 0 aromatic rings. The molecule has 4 heteroatoms. The van der Waals surface area contributed by atoms with E-state index < -0.39 is 0 Å². The molecule has 3 N–H and O–H groups in total. The molecule has 1 aliphatic rings. The summed E-state index contributed by atoms with van der Waals surface area (Å²) < 4.78 is 5.08. The van der Waals surface area contributed by atoms with E-state index in [4.69, 9.17) is 10.5 Å². The molecule has 0 aliphatic carbocycles. The number of aliphatic hydroxyl groups is 1. The average molecular weight is 244 g/mol. The van der Waals surface area contributed by atoms with Gasteiger partial charge in [0.2, 0.25) is 0 Å². The zero-order valence-electron chi connectivity index (χ0n) is 11.5. The highest BCUT2D eigenvalue weighted by Crippen LogP contribution is 2.34. The summed E-state index contributed by atoms with van der Waals surface area (Å²) in [7, 11) is 1.65. The quantitative estimate of drug-likeness (QED) is 0.727. The van der Waals surface area contributed by atoms with Gasteiger partial charge in [-0.25, -0.2) is 0 Å². The van der Waals surface area contributed by atoms with Gasteiger partial charge in [0, 0.05) is 13.2 Å². The van der Waals surface area contributed by atoms with Crippen LogP contribution in [0, 0.1) is 5.41 Å². The lowest BCUT2D eigenvalue weighted by Crippen LogP contribution is -2.55. The Kier molecular flexibility index (Phi) is 5.86. The standard InChI is InChI=1S/C13H28N2O2/c1-4-13(2)5-7-15(8-6-13)12(9-16)11(14)10-17-3/h11-12,16H,4-10,14H2,1-3H3. The summed E-state index contributed by atoms with van der Waals surface area (Å²) in [6, 6.07) is -0.0626. The van der Waals surface area contributed by atoms with Crippen LogP contribution in [-0.4, -0.2) is 55.5 Å². The molecule has 1 aliphatic heterocycles. The first-order valence-corrected chi connectivity index (χ1v) is 6.65. The van der Waals surface area contributed by atoms with Crippen molar-refractivity contribution < 1.29 is 9.84 Å². The van der Waals surface area contributed by atoms with Gasteiger partial charge in [-0.15, -0.1) is 0 Å². The number of methoxy groups -OCH3 is 1. The highest BCUT2D eigenvalue weighted by Gasteiger charge is 2.33. The number of ether oxygens (including phenoxy) is 1. The van der Waals surface area contributed by atoms with Gasteiger partial charge < -0.3 is 15.6 Å². The van der Waals surface area contributed by atoms with Crippen LogP contribution in [-0.2, 0) is 4.74 Å². The Morgan fingerprint density at radius 2 is 2.00 bits per heavy atom. The lowest BCUT2D eigenvalue weighted by atomic mass is 9.78. The summed E-state index contributed by atoms with van der Waals surface area (Å²) in [4.78, 5) is 2.32. The van der Waals surface area contributed by atoms with Crippen molar-refractivity contribution in [3.8, 4) is 0 Å². The fraction of sp³-hybridized carbons (Fsp3) is 1.00. The highest BCUT2D eigenvalue weighted by atomic mass is 16.5. The topological polar surface area (TPSA) is 58.7 Å². The second-order valence-corrected chi connectivity index (χ2v) is 5.57. The predicted molar refractivity (Wildman–Crippen MR) is 69.9 cm³/mol. The van der Waals surface area contributed by atoms with E-state index in [0.29, 0.717) is 12.0 Å². The smallest absolute Gasteiger partial charge is 0.0629 e. The first kappa shape index (κ1) is 14.9. The molecule has 17 heavy (non-hydrogen) atoms. The number of rotatable bonds is 6. The van der Waals surface area contributed by atoms with Crippen LogP contribution in [0.1, 0.15) is 33.1 Å². The monoisotopic (exact) mass is 244 g/mol. The minimum atomic E-state index is -0.101. The summed E-state index contributed by atoms with van der Waals surface area (Å²) in [5.74, 6) is 0. The molecule has 0 spiro atoms. The van der Waals surface area contributed by atoms with Crippen LogP contribution in [0.2, 0.25) is 0 Å². The van der Waals surface area contributed by atoms with Crippen molar-refractivity contribution in [2.24, 2.45) is 11.1 Å². The second-order valence-electron chi connectivity index (χ2n) is 5.57. The Bertz CT molecular complexity index is 215. The number of nitrogens with two attached hydrogens (primary N) is 1. The van der Waals surface area contributed by atoms with E-state index in [-0.39, 0.29) is 18.7 Å². The van der Waals surface area contributed by atoms with E-state index in [0.717, 1.165) is 13.1 Å². The summed E-state index contributed by atoms with van der Waals surface area (Å²) in [5, 5.41) is 9.49. The van der Waals surface area contributed by atoms with Crippen LogP contribution in [0.3, 0.4) is 0 Å². The summed E-state index contributed by atoms with van der Waals surface area (Å²) in [6.45, 7) is 7.31. The molecular weight excluding hydrogens is 216 g/mol. The van der Waals surface area contributed by atoms with E-state index in [1.807, 2.05) is 0 Å². The van der Waals surface area contributed by atoms with Gasteiger partial charge in [0.1, 0.15) is 0 Å². The van der Waals surface area contributed by atoms with E-state index >= 15 is 0 Å². The molecular formula is C13H28N2O2. The third kappa shape index (κ3) is 3.91. The minimum Gasteiger partial charge on any atom is -0.395 e. The number of hydrogen-bond acceptors (Lipinski definition) is 4. The highest BCUT2D eigenvalue weighted by molar-refractivity contribution is 4.88. The predicted octanol–water partition coefficient (Wildman–Crippen LogP) is 0.833. The fourth-order valence-corrected chi connectivity index (χ4v) is 2.57. The Labute approximate surface area is 105 Å². The van der Waals surface area contributed by atoms with Crippen LogP contribution >= 0.6 is 0 Å². The third-order valence-corrected chi connectivity index (χ3v) is 4.37. The third-order valence-electron chi connectivity index (χ3n) is 4.37. The normalized spacial score (nSPS) is 24.5. The molecule has 1 saturated heterocycles. The molecule has 0 saturated carbocycles. The zero-order valence-corrected chi connectivity index (χ0v) is 11.5. The van der Waals surface area contributed by atoms with Crippen molar-refractivity contribution in [1.82, 2.24) is 4.90 Å². The number of aliphatic hydroxyl groups excluding tert-OH is 1. The maximum Gasteiger partial charge on any atom is 0.0629 e. The lowest BCUT2D eigenvalue weighted by Gasteiger charge is -2.43. The van der Waals surface area contributed by atoms with Gasteiger partial charge in [0.25, 0.3) is 0 Å². The Morgan fingerprint density at radius 3 is 2.41 bits per heavy atom. The van der Waals surface area contributed by atoms with Crippen LogP contribution in [0.5, 0.6) is 0 Å². The van der Waals surface area contributed by atoms with Crippen LogP contribution < -0.4 is 5.73 Å². The fourth-order valence-electron chi connectivity index (χ4n) is 2.57. The number of piperidine rings is 1. The summed E-state index contributed by atoms with van der Waals surface area (Å²) in [6.07, 6.45) is 3.62. The first-order chi connectivity index (χ1) is 8.06. The van der Waals surface area contributed by atoms with Crippen molar-refractivity contribution in [3.63, 3.8) is 0 Å². The maximum absolute atomic E-state index is 9.49. The molecule has 0 bridgehead atoms. The molecule has 102 valence electrons. The van der Waals surface area contributed by atoms with E-state index in [1.54, 1.807) is 7.11 Å². The van der Waals surface area contributed by atoms with Gasteiger partial charge in [-0.2, -0.15) is 0 Å². The molecule has 0 aromatic carbocycles. The number of hydrogen-bond donors (Lipinski definition) is 2. The van der Waals surface area contributed by atoms with Gasteiger partial charge in [0.05, 0.1) is 19.3 Å². The zero-order chi connectivity index (χ0) is 12.9. The lowest BCUT2D eigenvalue weighted by molar-refractivity contribution is 0.0273. The largest absolute Gasteiger partial charge is 0.395 e. The minimum absolute atomic E-state index is 0.0383. The SMILES string of the molecule is CCC1(C)CCN(C(CO)C(N)COC)CC1. The molecule has 0 amide bonds. The van der Waals surface area contributed by atoms with Crippen LogP contribution in [0.4, 0.5) is 0 Å². The molecule has 1 heterocycles. The van der Waals surface area contributed by atoms with Gasteiger partial charge in [-0.05, 0) is 31.3 Å². The van der Waals surface area contributed by atoms with Gasteiger partial charge >= 0.3 is 0 Å². The van der Waals surface area contributed by atoms with Gasteiger partial charge in [0.15, 0.2) is 0 Å². The second kappa shape index (κ2) is 6.69. The molecule has 0 aromatic heterocycles. The molecule has 1 fully saturated rings. The van der Waals surface area contributed by atoms with Crippen molar-refractivity contribution in [2.45, 2.75) is 45.2 Å². The van der Waals surface area contributed by atoms with Crippen molar-refractivity contribution in [3.05, 3.63) is 0 Å². The summed E-state index contributed by atoms with van der Waals surface area (Å²) >= 11 is 0. The van der Waals surface area contributed by atoms with Gasteiger partial charge in [-0.1, -0.05) is 20.3 Å². The number of nitrogens with zero attached hydrogens (tertiary/aromatic N) is 1. The Morgan fingerprint density at radius 1 is 1.41 bits per heavy atom. The number of likely N-dealkylation sites (tertiary alicyclic amines) is 1. The molecule has 0 radical (unpaired) electrons. The summed E-state index contributed by atoms with van der Waals surface area (Å²) in [5.41, 5.74) is 6.52. The Hall–Kier alpha value is -0.160. The van der Waals surface area contributed by atoms with E-state index in [2.05, 4.69) is 18.7 Å². The van der Waals surface area contributed by atoms with E-state index in [1.165, 1.54) is 19.3 Å². The van der Waals surface area contributed by atoms with Crippen molar-refractivity contribution in [1.29, 1.82) is 0 Å².